The number of hydrogen-bond donors (Lipinski definition) is 5. The summed E-state index contributed by atoms with van der Waals surface area (Å²) in [7, 11) is 0. The lowest BCUT2D eigenvalue weighted by atomic mass is 9.33. The molecule has 0 unspecified atom stereocenters. The number of fused-ring (bicyclic) bond motifs is 7. The molecule has 2 aromatic rings. The predicted molar refractivity (Wildman–Crippen MR) is 275 cm³/mol. The standard InChI is InChI=1S/C57H85N5O7S/c1-35-46(70-34-60-35)37-14-12-36(13-15-37)32-59-48(66)41-30-38(63)33-62(41)49(67)47(51(2,3)4)61-45(65)20-28-69-29-27-58-50(68)57-25-23-52(5,6)31-40(57)39-16-17-43-54(9)21-19-44(64)53(7,8)42(54)18-22-56(43,11)55(39,10)24-26-57/h12-16,34,38,40-44,47,63-64H,17-33H2,1-11H3,(H,58,68)(H,59,66)(H,61,65)/t38-,40+,41+,42+,43-,44+,47-,54+,55-,56-,57+/m1/s1. The molecule has 0 bridgehead atoms. The monoisotopic (exact) mass is 984 g/mol. The van der Waals surface area contributed by atoms with Gasteiger partial charge in [-0.1, -0.05) is 105 Å². The number of allylic oxidation sites excluding steroid dienone is 2. The minimum absolute atomic E-state index is 0.00141. The van der Waals surface area contributed by atoms with Crippen molar-refractivity contribution in [3.05, 3.63) is 52.7 Å². The second-order valence-corrected chi connectivity index (χ2v) is 26.7. The molecule has 5 fully saturated rings. The van der Waals surface area contributed by atoms with Gasteiger partial charge in [-0.3, -0.25) is 19.2 Å². The summed E-state index contributed by atoms with van der Waals surface area (Å²) in [5.74, 6) is 0.234. The van der Waals surface area contributed by atoms with Crippen LogP contribution in [0.3, 0.4) is 0 Å². The number of nitrogens with zero attached hydrogens (tertiary/aromatic N) is 2. The minimum Gasteiger partial charge on any atom is -0.393 e. The fourth-order valence-electron chi connectivity index (χ4n) is 15.3. The Morgan fingerprint density at radius 3 is 2.30 bits per heavy atom. The number of amides is 4. The fourth-order valence-corrected chi connectivity index (χ4v) is 16.1. The van der Waals surface area contributed by atoms with Gasteiger partial charge in [0, 0.05) is 32.5 Å². The first-order valence-electron chi connectivity index (χ1n) is 26.6. The van der Waals surface area contributed by atoms with E-state index in [2.05, 4.69) is 75.5 Å². The van der Waals surface area contributed by atoms with Crippen LogP contribution in [-0.2, 0) is 30.5 Å². The van der Waals surface area contributed by atoms with Gasteiger partial charge in [0.2, 0.25) is 23.6 Å². The Bertz CT molecular complexity index is 2320. The van der Waals surface area contributed by atoms with Crippen molar-refractivity contribution in [2.45, 2.75) is 184 Å². The van der Waals surface area contributed by atoms with E-state index >= 15 is 0 Å². The van der Waals surface area contributed by atoms with Gasteiger partial charge in [-0.15, -0.1) is 11.3 Å². The summed E-state index contributed by atoms with van der Waals surface area (Å²) in [6.07, 6.45) is 11.7. The Morgan fingerprint density at radius 1 is 0.900 bits per heavy atom. The molecule has 70 heavy (non-hydrogen) atoms. The first kappa shape index (κ1) is 52.7. The van der Waals surface area contributed by atoms with Crippen LogP contribution in [0.15, 0.2) is 41.4 Å². The van der Waals surface area contributed by atoms with Crippen LogP contribution in [0.2, 0.25) is 0 Å². The van der Waals surface area contributed by atoms with E-state index in [1.165, 1.54) is 10.5 Å². The molecule has 6 aliphatic rings. The number of benzene rings is 1. The highest BCUT2D eigenvalue weighted by Crippen LogP contribution is 2.75. The molecule has 0 spiro atoms. The molecule has 0 radical (unpaired) electrons. The molecule has 8 rings (SSSR count). The lowest BCUT2D eigenvalue weighted by molar-refractivity contribution is -0.203. The Kier molecular flexibility index (Phi) is 14.5. The number of aromatic nitrogens is 1. The Balaban J connectivity index is 0.840. The first-order valence-corrected chi connectivity index (χ1v) is 27.5. The zero-order valence-electron chi connectivity index (χ0n) is 44.3. The first-order chi connectivity index (χ1) is 32.8. The van der Waals surface area contributed by atoms with Crippen LogP contribution in [0.1, 0.15) is 158 Å². The minimum atomic E-state index is -0.938. The van der Waals surface area contributed by atoms with Crippen LogP contribution in [0.5, 0.6) is 0 Å². The van der Waals surface area contributed by atoms with E-state index in [-0.39, 0.29) is 96.0 Å². The summed E-state index contributed by atoms with van der Waals surface area (Å²) < 4.78 is 5.95. The van der Waals surface area contributed by atoms with Gasteiger partial charge in [-0.05, 0) is 133 Å². The lowest BCUT2D eigenvalue weighted by Gasteiger charge is -2.71. The van der Waals surface area contributed by atoms with Crippen molar-refractivity contribution in [1.82, 2.24) is 25.8 Å². The molecule has 386 valence electrons. The van der Waals surface area contributed by atoms with E-state index in [1.807, 2.05) is 57.5 Å². The van der Waals surface area contributed by atoms with Crippen molar-refractivity contribution >= 4 is 35.0 Å². The third kappa shape index (κ3) is 9.45. The average Bonchev–Trinajstić information content (AvgIpc) is 3.91. The van der Waals surface area contributed by atoms with Gasteiger partial charge >= 0.3 is 0 Å². The number of rotatable bonds is 13. The maximum absolute atomic E-state index is 14.7. The van der Waals surface area contributed by atoms with Crippen molar-refractivity contribution in [3.8, 4) is 10.4 Å². The highest BCUT2D eigenvalue weighted by Gasteiger charge is 2.69. The summed E-state index contributed by atoms with van der Waals surface area (Å²) in [6, 6.07) is 6.12. The van der Waals surface area contributed by atoms with Crippen LogP contribution in [-0.4, -0.2) is 94.3 Å². The van der Waals surface area contributed by atoms with Crippen LogP contribution in [0.25, 0.3) is 10.4 Å². The van der Waals surface area contributed by atoms with Gasteiger partial charge in [-0.25, -0.2) is 4.98 Å². The van der Waals surface area contributed by atoms with Crippen LogP contribution >= 0.6 is 11.3 Å². The number of carbonyl (C=O) groups excluding carboxylic acids is 4. The van der Waals surface area contributed by atoms with Gasteiger partial charge in [0.25, 0.3) is 0 Å². The topological polar surface area (TPSA) is 170 Å². The molecular weight excluding hydrogens is 899 g/mol. The number of aryl methyl sites for hydroxylation is 1. The molecule has 4 saturated carbocycles. The third-order valence-corrected chi connectivity index (χ3v) is 20.8. The smallest absolute Gasteiger partial charge is 0.246 e. The third-order valence-electron chi connectivity index (χ3n) is 19.8. The second-order valence-electron chi connectivity index (χ2n) is 25.8. The van der Waals surface area contributed by atoms with Crippen LogP contribution < -0.4 is 16.0 Å². The Labute approximate surface area is 422 Å². The quantitative estimate of drug-likeness (QED) is 0.0979. The summed E-state index contributed by atoms with van der Waals surface area (Å²) in [5, 5.41) is 31.0. The van der Waals surface area contributed by atoms with Gasteiger partial charge in [0.1, 0.15) is 12.1 Å². The number of β-amino-alcohol motifs (C(OH)–C–C–N with tert-alkyl or cyclic N) is 1. The fraction of sp³-hybridized carbons (Fsp3) is 0.737. The van der Waals surface area contributed by atoms with E-state index < -0.39 is 34.9 Å². The maximum Gasteiger partial charge on any atom is 0.246 e. The molecule has 11 atom stereocenters. The molecular formula is C57H85N5O7S. The summed E-state index contributed by atoms with van der Waals surface area (Å²) in [6.45, 7) is 25.6. The SMILES string of the molecule is Cc1ncsc1-c1ccc(CNC(=O)[C@@H]2C[C@@H](O)CN2C(=O)[C@@H](NC(=O)CCOCCNC(=O)[C@]23CCC(C)(C)C[C@H]2C2=CC[C@@H]4[C@@]5(C)CC[C@H](O)C(C)(C)[C@@H]5CC[C@@]4(C)[C@]2(C)CC3)C(C)(C)C)cc1. The van der Waals surface area contributed by atoms with E-state index in [9.17, 15) is 29.4 Å². The number of thiazole rings is 1. The molecule has 1 aromatic carbocycles. The van der Waals surface area contributed by atoms with Crippen LogP contribution in [0, 0.1) is 62.6 Å². The molecule has 13 heteroatoms. The molecule has 5 N–H and O–H groups in total. The Hall–Kier alpha value is -3.65. The van der Waals surface area contributed by atoms with Crippen molar-refractivity contribution in [2.24, 2.45) is 55.7 Å². The van der Waals surface area contributed by atoms with Crippen molar-refractivity contribution in [2.75, 3.05) is 26.3 Å². The van der Waals surface area contributed by atoms with Crippen LogP contribution in [0.4, 0.5) is 0 Å². The summed E-state index contributed by atoms with van der Waals surface area (Å²) in [5.41, 5.74) is 5.49. The van der Waals surface area contributed by atoms with Gasteiger partial charge in [0.15, 0.2) is 0 Å². The van der Waals surface area contributed by atoms with E-state index in [4.69, 9.17) is 4.74 Å². The second kappa shape index (κ2) is 19.3. The highest BCUT2D eigenvalue weighted by molar-refractivity contribution is 7.13. The molecule has 4 amide bonds. The zero-order chi connectivity index (χ0) is 50.8. The molecule has 2 heterocycles. The predicted octanol–water partition coefficient (Wildman–Crippen LogP) is 8.91. The molecule has 1 aliphatic heterocycles. The van der Waals surface area contributed by atoms with Crippen molar-refractivity contribution in [3.63, 3.8) is 0 Å². The molecule has 12 nitrogen and oxygen atoms in total. The Morgan fingerprint density at radius 2 is 1.61 bits per heavy atom. The maximum atomic E-state index is 14.7. The van der Waals surface area contributed by atoms with Gasteiger partial charge in [-0.2, -0.15) is 0 Å². The average molecular weight is 984 g/mol. The summed E-state index contributed by atoms with van der Waals surface area (Å²) >= 11 is 1.58. The highest BCUT2D eigenvalue weighted by atomic mass is 32.1. The van der Waals surface area contributed by atoms with Crippen molar-refractivity contribution < 1.29 is 34.1 Å². The lowest BCUT2D eigenvalue weighted by Crippen LogP contribution is -2.65. The van der Waals surface area contributed by atoms with Gasteiger partial charge < -0.3 is 35.8 Å². The van der Waals surface area contributed by atoms with Gasteiger partial charge in [0.05, 0.1) is 46.9 Å². The molecule has 1 aromatic heterocycles. The molecule has 5 aliphatic carbocycles. The van der Waals surface area contributed by atoms with E-state index in [0.717, 1.165) is 85.9 Å². The number of aliphatic hydroxyl groups excluding tert-OH is 2. The number of aliphatic hydroxyl groups is 2. The number of hydrogen-bond acceptors (Lipinski definition) is 9. The summed E-state index contributed by atoms with van der Waals surface area (Å²) in [4.78, 5) is 62.7. The van der Waals surface area contributed by atoms with E-state index in [1.54, 1.807) is 11.3 Å². The molecule has 1 saturated heterocycles. The zero-order valence-corrected chi connectivity index (χ0v) is 45.1. The van der Waals surface area contributed by atoms with Crippen molar-refractivity contribution in [1.29, 1.82) is 0 Å². The largest absolute Gasteiger partial charge is 0.393 e. The number of nitrogens with one attached hydrogen (secondary N) is 3. The normalized spacial score (nSPS) is 34.7. The number of likely N-dealkylation sites (tertiary alicyclic amines) is 1. The van der Waals surface area contributed by atoms with E-state index in [0.29, 0.717) is 18.4 Å². The number of ether oxygens (including phenoxy) is 1. The number of carbonyl (C=O) groups is 4.